The highest BCUT2D eigenvalue weighted by Crippen LogP contribution is 2.17. The van der Waals surface area contributed by atoms with Crippen molar-refractivity contribution in [3.63, 3.8) is 0 Å². The molecule has 2 heterocycles. The third kappa shape index (κ3) is 3.33. The molecule has 20 heavy (non-hydrogen) atoms. The Morgan fingerprint density at radius 2 is 2.20 bits per heavy atom. The van der Waals surface area contributed by atoms with Crippen molar-refractivity contribution < 1.29 is 14.7 Å². The number of hydrogen-bond donors (Lipinski definition) is 2. The minimum atomic E-state index is -1.12. The van der Waals surface area contributed by atoms with Crippen molar-refractivity contribution in [2.24, 2.45) is 5.92 Å². The average Bonchev–Trinajstić information content (AvgIpc) is 2.47. The molecule has 1 aliphatic heterocycles. The largest absolute Gasteiger partial charge is 0.477 e. The van der Waals surface area contributed by atoms with E-state index in [-0.39, 0.29) is 17.3 Å². The second kappa shape index (κ2) is 6.47. The number of carbonyl (C=O) groups is 2. The van der Waals surface area contributed by atoms with Gasteiger partial charge < -0.3 is 15.3 Å². The Hall–Kier alpha value is -1.95. The van der Waals surface area contributed by atoms with Crippen LogP contribution in [0.3, 0.4) is 0 Å². The maximum atomic E-state index is 12.4. The van der Waals surface area contributed by atoms with Crippen LogP contribution in [0.5, 0.6) is 0 Å². The normalized spacial score (nSPS) is 18.9. The highest BCUT2D eigenvalue weighted by atomic mass is 16.4. The monoisotopic (exact) mass is 277 g/mol. The van der Waals surface area contributed by atoms with Crippen LogP contribution < -0.4 is 5.32 Å². The number of hydrogen-bond acceptors (Lipinski definition) is 4. The molecule has 0 bridgehead atoms. The quantitative estimate of drug-likeness (QED) is 0.852. The molecule has 1 amide bonds. The first-order valence-electron chi connectivity index (χ1n) is 6.76. The van der Waals surface area contributed by atoms with Gasteiger partial charge in [-0.15, -0.1) is 0 Å². The number of aromatic carboxylic acids is 1. The van der Waals surface area contributed by atoms with Gasteiger partial charge in [0.25, 0.3) is 5.91 Å². The van der Waals surface area contributed by atoms with E-state index in [9.17, 15) is 9.59 Å². The van der Waals surface area contributed by atoms with E-state index in [1.807, 2.05) is 7.05 Å². The van der Waals surface area contributed by atoms with Crippen LogP contribution >= 0.6 is 0 Å². The molecule has 1 atom stereocenters. The van der Waals surface area contributed by atoms with E-state index in [4.69, 9.17) is 5.11 Å². The number of carboxylic acids is 1. The van der Waals surface area contributed by atoms with Crippen LogP contribution in [0.4, 0.5) is 0 Å². The molecule has 1 unspecified atom stereocenters. The van der Waals surface area contributed by atoms with Crippen LogP contribution in [0.2, 0.25) is 0 Å². The first-order chi connectivity index (χ1) is 9.61. The Labute approximate surface area is 117 Å². The summed E-state index contributed by atoms with van der Waals surface area (Å²) in [4.78, 5) is 28.9. The predicted octanol–water partition coefficient (Wildman–Crippen LogP) is 0.851. The van der Waals surface area contributed by atoms with Gasteiger partial charge in [-0.25, -0.2) is 9.78 Å². The Bertz CT molecular complexity index is 502. The van der Waals surface area contributed by atoms with Gasteiger partial charge in [0, 0.05) is 13.1 Å². The fourth-order valence-corrected chi connectivity index (χ4v) is 2.54. The molecule has 1 saturated heterocycles. The van der Waals surface area contributed by atoms with Crippen LogP contribution in [0.1, 0.15) is 33.8 Å². The van der Waals surface area contributed by atoms with Gasteiger partial charge in [0.05, 0.1) is 0 Å². The number of amides is 1. The van der Waals surface area contributed by atoms with E-state index in [2.05, 4.69) is 10.3 Å². The Morgan fingerprint density at radius 3 is 2.90 bits per heavy atom. The molecular weight excluding hydrogens is 258 g/mol. The highest BCUT2D eigenvalue weighted by molar-refractivity contribution is 5.94. The van der Waals surface area contributed by atoms with Gasteiger partial charge in [0.2, 0.25) is 0 Å². The van der Waals surface area contributed by atoms with Crippen LogP contribution in [-0.4, -0.2) is 53.5 Å². The highest BCUT2D eigenvalue weighted by Gasteiger charge is 2.25. The van der Waals surface area contributed by atoms with Gasteiger partial charge in [-0.05, 0) is 44.5 Å². The van der Waals surface area contributed by atoms with E-state index < -0.39 is 5.97 Å². The molecule has 1 aliphatic rings. The second-order valence-electron chi connectivity index (χ2n) is 5.03. The Balaban J connectivity index is 2.10. The predicted molar refractivity (Wildman–Crippen MR) is 73.8 cm³/mol. The number of likely N-dealkylation sites (tertiary alicyclic amines) is 1. The molecule has 1 aromatic heterocycles. The van der Waals surface area contributed by atoms with Crippen molar-refractivity contribution in [1.29, 1.82) is 0 Å². The first-order valence-corrected chi connectivity index (χ1v) is 6.76. The van der Waals surface area contributed by atoms with Crippen molar-refractivity contribution in [3.05, 3.63) is 29.6 Å². The molecule has 2 rings (SSSR count). The Morgan fingerprint density at radius 1 is 1.45 bits per heavy atom. The standard InChI is InChI=1S/C14H19N3O3/c1-15-8-10-4-3-7-17(9-10)13(18)11-5-2-6-12(16-11)14(19)20/h2,5-6,10,15H,3-4,7-9H2,1H3,(H,19,20). The van der Waals surface area contributed by atoms with Gasteiger partial charge in [0.1, 0.15) is 11.4 Å². The molecule has 1 fully saturated rings. The maximum absolute atomic E-state index is 12.4. The first kappa shape index (κ1) is 14.5. The van der Waals surface area contributed by atoms with E-state index in [1.165, 1.54) is 6.07 Å². The van der Waals surface area contributed by atoms with Gasteiger partial charge >= 0.3 is 5.97 Å². The lowest BCUT2D eigenvalue weighted by molar-refractivity contribution is 0.0666. The molecule has 108 valence electrons. The molecule has 6 nitrogen and oxygen atoms in total. The van der Waals surface area contributed by atoms with Crippen molar-refractivity contribution in [2.75, 3.05) is 26.7 Å². The third-order valence-electron chi connectivity index (χ3n) is 3.49. The number of piperidine rings is 1. The van der Waals surface area contributed by atoms with Crippen LogP contribution in [0.25, 0.3) is 0 Å². The van der Waals surface area contributed by atoms with Crippen molar-refractivity contribution in [1.82, 2.24) is 15.2 Å². The van der Waals surface area contributed by atoms with Crippen molar-refractivity contribution in [3.8, 4) is 0 Å². The zero-order chi connectivity index (χ0) is 14.5. The van der Waals surface area contributed by atoms with Crippen LogP contribution in [0, 0.1) is 5.92 Å². The summed E-state index contributed by atoms with van der Waals surface area (Å²) in [5.41, 5.74) is 0.106. The summed E-state index contributed by atoms with van der Waals surface area (Å²) < 4.78 is 0. The fraction of sp³-hybridized carbons (Fsp3) is 0.500. The van der Waals surface area contributed by atoms with Crippen molar-refractivity contribution >= 4 is 11.9 Å². The second-order valence-corrected chi connectivity index (χ2v) is 5.03. The third-order valence-corrected chi connectivity index (χ3v) is 3.49. The number of nitrogens with zero attached hydrogens (tertiary/aromatic N) is 2. The number of carboxylic acid groups (broad SMARTS) is 1. The summed E-state index contributed by atoms with van der Waals surface area (Å²) >= 11 is 0. The lowest BCUT2D eigenvalue weighted by Gasteiger charge is -2.32. The van der Waals surface area contributed by atoms with Crippen LogP contribution in [-0.2, 0) is 0 Å². The topological polar surface area (TPSA) is 82.5 Å². The minimum absolute atomic E-state index is 0.0976. The fourth-order valence-electron chi connectivity index (χ4n) is 2.54. The molecular formula is C14H19N3O3. The van der Waals surface area contributed by atoms with Gasteiger partial charge in [-0.1, -0.05) is 6.07 Å². The zero-order valence-electron chi connectivity index (χ0n) is 11.5. The summed E-state index contributed by atoms with van der Waals surface area (Å²) in [5, 5.41) is 12.0. The van der Waals surface area contributed by atoms with E-state index in [1.54, 1.807) is 17.0 Å². The molecule has 0 aromatic carbocycles. The average molecular weight is 277 g/mol. The summed E-state index contributed by atoms with van der Waals surface area (Å²) in [6.07, 6.45) is 2.07. The maximum Gasteiger partial charge on any atom is 0.354 e. The number of nitrogens with one attached hydrogen (secondary N) is 1. The summed E-state index contributed by atoms with van der Waals surface area (Å²) in [6, 6.07) is 4.51. The van der Waals surface area contributed by atoms with Gasteiger partial charge in [-0.3, -0.25) is 4.79 Å². The molecule has 1 aromatic rings. The molecule has 0 aliphatic carbocycles. The number of carbonyl (C=O) groups excluding carboxylic acids is 1. The molecule has 6 heteroatoms. The molecule has 2 N–H and O–H groups in total. The number of aromatic nitrogens is 1. The molecule has 0 saturated carbocycles. The van der Waals surface area contributed by atoms with Crippen LogP contribution in [0.15, 0.2) is 18.2 Å². The molecule has 0 spiro atoms. The smallest absolute Gasteiger partial charge is 0.354 e. The number of pyridine rings is 1. The summed E-state index contributed by atoms with van der Waals surface area (Å²) in [7, 11) is 1.90. The summed E-state index contributed by atoms with van der Waals surface area (Å²) in [5.74, 6) is -0.861. The van der Waals surface area contributed by atoms with E-state index in [0.717, 1.165) is 19.4 Å². The Kier molecular flexibility index (Phi) is 4.68. The lowest BCUT2D eigenvalue weighted by Crippen LogP contribution is -2.42. The van der Waals surface area contributed by atoms with Gasteiger partial charge in [-0.2, -0.15) is 0 Å². The van der Waals surface area contributed by atoms with E-state index in [0.29, 0.717) is 19.0 Å². The number of rotatable bonds is 4. The zero-order valence-corrected chi connectivity index (χ0v) is 11.5. The minimum Gasteiger partial charge on any atom is -0.477 e. The van der Waals surface area contributed by atoms with Crippen molar-refractivity contribution in [2.45, 2.75) is 12.8 Å². The van der Waals surface area contributed by atoms with Gasteiger partial charge in [0.15, 0.2) is 0 Å². The molecule has 0 radical (unpaired) electrons. The lowest BCUT2D eigenvalue weighted by atomic mass is 9.98. The van der Waals surface area contributed by atoms with E-state index >= 15 is 0 Å². The summed E-state index contributed by atoms with van der Waals surface area (Å²) in [6.45, 7) is 2.28. The SMILES string of the molecule is CNCC1CCCN(C(=O)c2cccc(C(=O)O)n2)C1.